The van der Waals surface area contributed by atoms with Crippen LogP contribution in [0.2, 0.25) is 0 Å². The number of nitrogens with zero attached hydrogens (tertiary/aromatic N) is 1. The molecule has 0 aliphatic carbocycles. The van der Waals surface area contributed by atoms with Gasteiger partial charge in [0, 0.05) is 17.8 Å². The summed E-state index contributed by atoms with van der Waals surface area (Å²) in [5, 5.41) is 11.1. The highest BCUT2D eigenvalue weighted by Gasteiger charge is 2.16. The number of nitrogens with one attached hydrogen (secondary N) is 1. The van der Waals surface area contributed by atoms with Gasteiger partial charge in [-0.2, -0.15) is 0 Å². The lowest BCUT2D eigenvalue weighted by atomic mass is 10.2. The lowest BCUT2D eigenvalue weighted by molar-refractivity contribution is -0.138. The lowest BCUT2D eigenvalue weighted by Crippen LogP contribution is -2.38. The van der Waals surface area contributed by atoms with Crippen molar-refractivity contribution in [1.29, 1.82) is 0 Å². The first kappa shape index (κ1) is 14.9. The fraction of sp³-hybridized carbons (Fsp3) is 0.462. The van der Waals surface area contributed by atoms with Crippen molar-refractivity contribution >= 4 is 11.9 Å². The van der Waals surface area contributed by atoms with E-state index in [4.69, 9.17) is 9.84 Å². The number of hydrogen-bond donors (Lipinski definition) is 2. The number of ether oxygens (including phenoxy) is 1. The first-order valence-electron chi connectivity index (χ1n) is 6.10. The minimum atomic E-state index is -1.08. The third-order valence-electron chi connectivity index (χ3n) is 2.61. The zero-order chi connectivity index (χ0) is 14.4. The number of carboxylic acid groups (broad SMARTS) is 1. The minimum absolute atomic E-state index is 0.00348. The Hall–Kier alpha value is -2.11. The molecule has 0 fully saturated rings. The highest BCUT2D eigenvalue weighted by Crippen LogP contribution is 2.12. The first-order valence-corrected chi connectivity index (χ1v) is 6.10. The number of aliphatic carboxylic acids is 1. The Balaban J connectivity index is 2.75. The molecule has 1 unspecified atom stereocenters. The van der Waals surface area contributed by atoms with Gasteiger partial charge >= 0.3 is 5.97 Å². The summed E-state index contributed by atoms with van der Waals surface area (Å²) in [5.74, 6) is -1.20. The van der Waals surface area contributed by atoms with Gasteiger partial charge in [-0.25, -0.2) is 4.98 Å². The summed E-state index contributed by atoms with van der Waals surface area (Å²) in [7, 11) is 0. The smallest absolute Gasteiger partial charge is 0.325 e. The molecule has 1 rings (SSSR count). The van der Waals surface area contributed by atoms with Gasteiger partial charge in [0.25, 0.3) is 5.91 Å². The van der Waals surface area contributed by atoms with Gasteiger partial charge in [-0.1, -0.05) is 6.92 Å². The highest BCUT2D eigenvalue weighted by atomic mass is 16.5. The van der Waals surface area contributed by atoms with Gasteiger partial charge in [0.1, 0.15) is 6.04 Å². The van der Waals surface area contributed by atoms with E-state index in [1.54, 1.807) is 0 Å². The van der Waals surface area contributed by atoms with Crippen molar-refractivity contribution in [2.24, 2.45) is 0 Å². The molecule has 2 atom stereocenters. The number of carboxylic acids is 1. The summed E-state index contributed by atoms with van der Waals surface area (Å²) in [6, 6.07) is 2.06. The molecule has 6 nitrogen and oxygen atoms in total. The van der Waals surface area contributed by atoms with Crippen LogP contribution in [0.25, 0.3) is 0 Å². The molecular formula is C13H18N2O4. The molecule has 0 saturated carbocycles. The molecule has 0 aliphatic heterocycles. The molecule has 0 aliphatic rings. The fourth-order valence-electron chi connectivity index (χ4n) is 1.25. The van der Waals surface area contributed by atoms with Crippen molar-refractivity contribution in [2.45, 2.75) is 39.3 Å². The van der Waals surface area contributed by atoms with Crippen LogP contribution in [0.3, 0.4) is 0 Å². The molecule has 6 heteroatoms. The second kappa shape index (κ2) is 6.72. The standard InChI is InChI=1S/C13H18N2O4/c1-4-8(2)19-11-7-10(5-6-14-11)12(16)15-9(3)13(17)18/h5-9H,4H2,1-3H3,(H,15,16)(H,17,18)/t8?,9-/m0/s1. The number of pyridine rings is 1. The van der Waals surface area contributed by atoms with Gasteiger partial charge in [-0.3, -0.25) is 9.59 Å². The van der Waals surface area contributed by atoms with E-state index in [9.17, 15) is 9.59 Å². The lowest BCUT2D eigenvalue weighted by Gasteiger charge is -2.13. The number of amides is 1. The predicted octanol–water partition coefficient (Wildman–Crippen LogP) is 1.46. The van der Waals surface area contributed by atoms with Crippen molar-refractivity contribution in [3.05, 3.63) is 23.9 Å². The SMILES string of the molecule is CCC(C)Oc1cc(C(=O)N[C@@H](C)C(=O)O)ccn1. The molecule has 1 aromatic rings. The van der Waals surface area contributed by atoms with E-state index in [2.05, 4.69) is 10.3 Å². The zero-order valence-corrected chi connectivity index (χ0v) is 11.2. The van der Waals surface area contributed by atoms with E-state index in [1.165, 1.54) is 25.3 Å². The molecular weight excluding hydrogens is 248 g/mol. The Bertz CT molecular complexity index is 462. The summed E-state index contributed by atoms with van der Waals surface area (Å²) in [5.41, 5.74) is 0.321. The van der Waals surface area contributed by atoms with Crippen LogP contribution in [0, 0.1) is 0 Å². The summed E-state index contributed by atoms with van der Waals surface area (Å²) < 4.78 is 5.50. The molecule has 1 aromatic heterocycles. The zero-order valence-electron chi connectivity index (χ0n) is 11.2. The maximum atomic E-state index is 11.8. The second-order valence-electron chi connectivity index (χ2n) is 4.25. The van der Waals surface area contributed by atoms with Gasteiger partial charge < -0.3 is 15.2 Å². The Morgan fingerprint density at radius 1 is 1.47 bits per heavy atom. The van der Waals surface area contributed by atoms with Crippen LogP contribution < -0.4 is 10.1 Å². The Kier molecular flexibility index (Phi) is 5.29. The number of rotatable bonds is 6. The van der Waals surface area contributed by atoms with Gasteiger partial charge in [-0.15, -0.1) is 0 Å². The largest absolute Gasteiger partial charge is 0.480 e. The topological polar surface area (TPSA) is 88.5 Å². The quantitative estimate of drug-likeness (QED) is 0.813. The molecule has 0 spiro atoms. The molecule has 0 saturated heterocycles. The predicted molar refractivity (Wildman–Crippen MR) is 69.2 cm³/mol. The van der Waals surface area contributed by atoms with Crippen molar-refractivity contribution in [3.8, 4) is 5.88 Å². The number of carbonyl (C=O) groups is 2. The van der Waals surface area contributed by atoms with Crippen LogP contribution >= 0.6 is 0 Å². The van der Waals surface area contributed by atoms with E-state index < -0.39 is 17.9 Å². The van der Waals surface area contributed by atoms with Crippen LogP contribution in [0.5, 0.6) is 5.88 Å². The van der Waals surface area contributed by atoms with Crippen LogP contribution in [0.4, 0.5) is 0 Å². The summed E-state index contributed by atoms with van der Waals surface area (Å²) in [6.07, 6.45) is 2.29. The normalized spacial score (nSPS) is 13.4. The molecule has 1 amide bonds. The van der Waals surface area contributed by atoms with Crippen molar-refractivity contribution < 1.29 is 19.4 Å². The third kappa shape index (κ3) is 4.57. The molecule has 0 bridgehead atoms. The van der Waals surface area contributed by atoms with E-state index in [1.807, 2.05) is 13.8 Å². The molecule has 0 radical (unpaired) electrons. The van der Waals surface area contributed by atoms with E-state index >= 15 is 0 Å². The Morgan fingerprint density at radius 2 is 2.16 bits per heavy atom. The fourth-order valence-corrected chi connectivity index (χ4v) is 1.25. The van der Waals surface area contributed by atoms with Crippen molar-refractivity contribution in [1.82, 2.24) is 10.3 Å². The third-order valence-corrected chi connectivity index (χ3v) is 2.61. The average molecular weight is 266 g/mol. The van der Waals surface area contributed by atoms with E-state index in [-0.39, 0.29) is 6.10 Å². The Labute approximate surface area is 111 Å². The van der Waals surface area contributed by atoms with Crippen molar-refractivity contribution in [3.63, 3.8) is 0 Å². The van der Waals surface area contributed by atoms with Crippen molar-refractivity contribution in [2.75, 3.05) is 0 Å². The second-order valence-corrected chi connectivity index (χ2v) is 4.25. The number of aromatic nitrogens is 1. The first-order chi connectivity index (χ1) is 8.93. The minimum Gasteiger partial charge on any atom is -0.480 e. The van der Waals surface area contributed by atoms with Gasteiger partial charge in [0.15, 0.2) is 0 Å². The van der Waals surface area contributed by atoms with Crippen LogP contribution in [0.15, 0.2) is 18.3 Å². The summed E-state index contributed by atoms with van der Waals surface area (Å²) >= 11 is 0. The summed E-state index contributed by atoms with van der Waals surface area (Å²) in [4.78, 5) is 26.5. The number of hydrogen-bond acceptors (Lipinski definition) is 4. The number of carbonyl (C=O) groups excluding carboxylic acids is 1. The van der Waals surface area contributed by atoms with Crippen LogP contribution in [-0.2, 0) is 4.79 Å². The van der Waals surface area contributed by atoms with Gasteiger partial charge in [0.2, 0.25) is 5.88 Å². The van der Waals surface area contributed by atoms with Gasteiger partial charge in [0.05, 0.1) is 6.10 Å². The molecule has 0 aromatic carbocycles. The molecule has 19 heavy (non-hydrogen) atoms. The maximum Gasteiger partial charge on any atom is 0.325 e. The van der Waals surface area contributed by atoms with E-state index in [0.717, 1.165) is 6.42 Å². The van der Waals surface area contributed by atoms with Gasteiger partial charge in [-0.05, 0) is 26.3 Å². The summed E-state index contributed by atoms with van der Waals surface area (Å²) in [6.45, 7) is 5.29. The van der Waals surface area contributed by atoms with Crippen LogP contribution in [0.1, 0.15) is 37.6 Å². The molecule has 104 valence electrons. The average Bonchev–Trinajstić information content (AvgIpc) is 2.38. The Morgan fingerprint density at radius 3 is 2.74 bits per heavy atom. The maximum absolute atomic E-state index is 11.8. The molecule has 2 N–H and O–H groups in total. The van der Waals surface area contributed by atoms with E-state index in [0.29, 0.717) is 11.4 Å². The van der Waals surface area contributed by atoms with Crippen LogP contribution in [-0.4, -0.2) is 34.1 Å². The highest BCUT2D eigenvalue weighted by molar-refractivity contribution is 5.96. The molecule has 1 heterocycles. The monoisotopic (exact) mass is 266 g/mol.